The van der Waals surface area contributed by atoms with Gasteiger partial charge >= 0.3 is 0 Å². The van der Waals surface area contributed by atoms with Gasteiger partial charge in [0.15, 0.2) is 5.17 Å². The van der Waals surface area contributed by atoms with Crippen LogP contribution in [0.15, 0.2) is 58.4 Å². The minimum Gasteiger partial charge on any atom is -0.497 e. The first-order chi connectivity index (χ1) is 14.0. The topological polar surface area (TPSA) is 114 Å². The Morgan fingerprint density at radius 3 is 2.55 bits per heavy atom. The summed E-state index contributed by atoms with van der Waals surface area (Å²) in [6.07, 6.45) is 0. The van der Waals surface area contributed by atoms with E-state index in [4.69, 9.17) is 10.5 Å². The average molecular weight is 408 g/mol. The van der Waals surface area contributed by atoms with E-state index in [2.05, 4.69) is 10.3 Å². The normalized spacial score (nSPS) is 18.0. The third kappa shape index (κ3) is 3.47. The number of methoxy groups -OCH3 is 1. The molecule has 29 heavy (non-hydrogen) atoms. The highest BCUT2D eigenvalue weighted by molar-refractivity contribution is 8.18. The average Bonchev–Trinajstić information content (AvgIpc) is 3.18. The van der Waals surface area contributed by atoms with Crippen LogP contribution in [-0.2, 0) is 14.4 Å². The third-order valence-corrected chi connectivity index (χ3v) is 5.32. The maximum atomic E-state index is 13.1. The molecule has 146 valence electrons. The molecule has 4 rings (SSSR count). The van der Waals surface area contributed by atoms with Crippen molar-refractivity contribution in [1.82, 2.24) is 0 Å². The van der Waals surface area contributed by atoms with Crippen molar-refractivity contribution in [1.29, 1.82) is 0 Å². The molecule has 0 unspecified atom stereocenters. The minimum atomic E-state index is -0.546. The molecule has 0 saturated carbocycles. The molecule has 2 aliphatic heterocycles. The summed E-state index contributed by atoms with van der Waals surface area (Å²) in [4.78, 5) is 43.0. The molecule has 8 nitrogen and oxygen atoms in total. The van der Waals surface area contributed by atoms with Crippen LogP contribution in [0, 0.1) is 0 Å². The molecule has 2 aromatic rings. The molecule has 2 heterocycles. The number of amidine groups is 1. The van der Waals surface area contributed by atoms with Gasteiger partial charge in [-0.15, -0.1) is 0 Å². The van der Waals surface area contributed by atoms with Crippen molar-refractivity contribution in [3.8, 4) is 5.75 Å². The Bertz CT molecular complexity index is 1090. The van der Waals surface area contributed by atoms with E-state index in [-0.39, 0.29) is 28.1 Å². The van der Waals surface area contributed by atoms with Crippen LogP contribution in [0.25, 0.3) is 5.57 Å². The van der Waals surface area contributed by atoms with E-state index < -0.39 is 11.8 Å². The summed E-state index contributed by atoms with van der Waals surface area (Å²) in [7, 11) is 1.56. The second-order valence-electron chi connectivity index (χ2n) is 6.25. The number of nitrogens with zero attached hydrogens (tertiary/aromatic N) is 2. The van der Waals surface area contributed by atoms with Crippen molar-refractivity contribution >= 4 is 51.6 Å². The second-order valence-corrected chi connectivity index (χ2v) is 7.28. The summed E-state index contributed by atoms with van der Waals surface area (Å²) in [5, 5.41) is 2.85. The van der Waals surface area contributed by atoms with Crippen molar-refractivity contribution in [3.05, 3.63) is 59.0 Å². The van der Waals surface area contributed by atoms with Crippen LogP contribution in [0.4, 0.5) is 11.4 Å². The van der Waals surface area contributed by atoms with E-state index in [1.165, 1.54) is 4.90 Å². The Labute approximate surface area is 170 Å². The number of carbonyl (C=O) groups excluding carboxylic acids is 3. The van der Waals surface area contributed by atoms with Crippen LogP contribution in [0.1, 0.15) is 5.56 Å². The molecule has 0 spiro atoms. The highest BCUT2D eigenvalue weighted by Gasteiger charge is 2.39. The molecular formula is C20H16N4O4S. The fraction of sp³-hybridized carbons (Fsp3) is 0.100. The quantitative estimate of drug-likeness (QED) is 0.748. The lowest BCUT2D eigenvalue weighted by atomic mass is 10.1. The number of aliphatic imine (C=N–C) groups is 1. The van der Waals surface area contributed by atoms with E-state index in [0.717, 1.165) is 11.8 Å². The molecule has 0 atom stereocenters. The lowest BCUT2D eigenvalue weighted by molar-refractivity contribution is -0.118. The number of rotatable bonds is 4. The van der Waals surface area contributed by atoms with E-state index >= 15 is 0 Å². The second kappa shape index (κ2) is 7.44. The van der Waals surface area contributed by atoms with E-state index in [9.17, 15) is 14.4 Å². The Balaban J connectivity index is 1.60. The Hall–Kier alpha value is -3.59. The summed E-state index contributed by atoms with van der Waals surface area (Å²) in [6.45, 7) is -0.201. The first kappa shape index (κ1) is 18.8. The van der Waals surface area contributed by atoms with Gasteiger partial charge in [-0.2, -0.15) is 4.99 Å². The molecule has 0 radical (unpaired) electrons. The van der Waals surface area contributed by atoms with Crippen LogP contribution in [-0.4, -0.2) is 36.5 Å². The maximum absolute atomic E-state index is 13.1. The summed E-state index contributed by atoms with van der Waals surface area (Å²) < 4.78 is 5.09. The number of hydrogen-bond donors (Lipinski definition) is 2. The summed E-state index contributed by atoms with van der Waals surface area (Å²) in [6, 6.07) is 13.9. The van der Waals surface area contributed by atoms with Crippen LogP contribution in [0.5, 0.6) is 5.75 Å². The fourth-order valence-corrected chi connectivity index (χ4v) is 3.92. The Morgan fingerprint density at radius 1 is 1.17 bits per heavy atom. The lowest BCUT2D eigenvalue weighted by Crippen LogP contribution is -2.35. The van der Waals surface area contributed by atoms with Crippen LogP contribution < -0.4 is 20.7 Å². The molecule has 9 heteroatoms. The standard InChI is InChI=1S/C20H16N4O4S/c1-28-12-8-6-11(7-9-12)22-15(25)10-24-14-5-3-2-4-13(14)16(19(24)27)17-18(26)23-20(21)29-17/h2-9H,10H2,1H3,(H,22,25)(H2,21,23,26)/b17-16+. The molecule has 0 bridgehead atoms. The summed E-state index contributed by atoms with van der Waals surface area (Å²) >= 11 is 0.963. The van der Waals surface area contributed by atoms with Gasteiger partial charge in [0.25, 0.3) is 11.8 Å². The van der Waals surface area contributed by atoms with Gasteiger partial charge in [0.2, 0.25) is 5.91 Å². The SMILES string of the molecule is COc1ccc(NC(=O)CN2C(=O)/C(=C3/SC(N)=NC3=O)c3ccccc32)cc1. The number of fused-ring (bicyclic) bond motifs is 1. The Morgan fingerprint density at radius 2 is 1.90 bits per heavy atom. The molecule has 0 aromatic heterocycles. The van der Waals surface area contributed by atoms with Crippen LogP contribution >= 0.6 is 11.8 Å². The maximum Gasteiger partial charge on any atom is 0.287 e. The van der Waals surface area contributed by atoms with E-state index in [1.807, 2.05) is 0 Å². The number of anilines is 2. The molecule has 0 fully saturated rings. The van der Waals surface area contributed by atoms with Crippen molar-refractivity contribution in [3.63, 3.8) is 0 Å². The lowest BCUT2D eigenvalue weighted by Gasteiger charge is -2.17. The largest absolute Gasteiger partial charge is 0.497 e. The van der Waals surface area contributed by atoms with Gasteiger partial charge in [0, 0.05) is 11.3 Å². The number of hydrogen-bond acceptors (Lipinski definition) is 6. The highest BCUT2D eigenvalue weighted by atomic mass is 32.2. The number of amides is 3. The van der Waals surface area contributed by atoms with Gasteiger partial charge in [0.1, 0.15) is 12.3 Å². The Kier molecular flexibility index (Phi) is 4.81. The highest BCUT2D eigenvalue weighted by Crippen LogP contribution is 2.42. The first-order valence-corrected chi connectivity index (χ1v) is 9.45. The van der Waals surface area contributed by atoms with Gasteiger partial charge < -0.3 is 15.8 Å². The molecule has 2 aliphatic rings. The van der Waals surface area contributed by atoms with Crippen LogP contribution in [0.2, 0.25) is 0 Å². The molecular weight excluding hydrogens is 392 g/mol. The number of thioether (sulfide) groups is 1. The van der Waals surface area contributed by atoms with Crippen molar-refractivity contribution in [2.24, 2.45) is 10.7 Å². The van der Waals surface area contributed by atoms with Gasteiger partial charge in [-0.25, -0.2) is 0 Å². The monoisotopic (exact) mass is 408 g/mol. The van der Waals surface area contributed by atoms with Gasteiger partial charge in [-0.1, -0.05) is 18.2 Å². The zero-order valence-corrected chi connectivity index (χ0v) is 16.2. The number of nitrogens with one attached hydrogen (secondary N) is 1. The first-order valence-electron chi connectivity index (χ1n) is 8.63. The van der Waals surface area contributed by atoms with Crippen molar-refractivity contribution in [2.45, 2.75) is 0 Å². The van der Waals surface area contributed by atoms with Crippen molar-refractivity contribution < 1.29 is 19.1 Å². The molecule has 3 amide bonds. The third-order valence-electron chi connectivity index (χ3n) is 4.44. The smallest absolute Gasteiger partial charge is 0.287 e. The summed E-state index contributed by atoms with van der Waals surface area (Å²) in [5.74, 6) is -0.680. The van der Waals surface area contributed by atoms with E-state index in [1.54, 1.807) is 55.6 Å². The number of benzene rings is 2. The number of ether oxygens (including phenoxy) is 1. The number of carbonyl (C=O) groups is 3. The molecule has 0 aliphatic carbocycles. The molecule has 0 saturated heterocycles. The van der Waals surface area contributed by atoms with Gasteiger partial charge in [0.05, 0.1) is 23.3 Å². The predicted molar refractivity (Wildman–Crippen MR) is 112 cm³/mol. The zero-order valence-electron chi connectivity index (χ0n) is 15.3. The number of nitrogens with two attached hydrogens (primary N) is 1. The fourth-order valence-electron chi connectivity index (χ4n) is 3.15. The summed E-state index contributed by atoms with van der Waals surface area (Å²) in [5.41, 5.74) is 7.57. The minimum absolute atomic E-state index is 0.0958. The molecule has 3 N–H and O–H groups in total. The zero-order chi connectivity index (χ0) is 20.5. The van der Waals surface area contributed by atoms with E-state index in [0.29, 0.717) is 22.7 Å². The molecule has 2 aromatic carbocycles. The predicted octanol–water partition coefficient (Wildman–Crippen LogP) is 1.98. The van der Waals surface area contributed by atoms with Crippen molar-refractivity contribution in [2.75, 3.05) is 23.9 Å². The van der Waals surface area contributed by atoms with Gasteiger partial charge in [-0.3, -0.25) is 19.3 Å². The number of para-hydroxylation sites is 1. The van der Waals surface area contributed by atoms with Crippen LogP contribution in [0.3, 0.4) is 0 Å². The van der Waals surface area contributed by atoms with Gasteiger partial charge in [-0.05, 0) is 42.1 Å².